The van der Waals surface area contributed by atoms with Crippen LogP contribution >= 0.6 is 0 Å². The molecule has 3 aromatic rings. The fourth-order valence-corrected chi connectivity index (χ4v) is 2.86. The van der Waals surface area contributed by atoms with E-state index in [1.807, 2.05) is 75.4 Å². The normalized spacial score (nSPS) is 10.6. The van der Waals surface area contributed by atoms with E-state index in [9.17, 15) is 4.79 Å². The molecule has 0 atom stereocenters. The van der Waals surface area contributed by atoms with E-state index in [2.05, 4.69) is 5.32 Å². The molecule has 0 radical (unpaired) electrons. The van der Waals surface area contributed by atoms with Crippen molar-refractivity contribution >= 4 is 22.4 Å². The fourth-order valence-electron chi connectivity index (χ4n) is 2.86. The Morgan fingerprint density at radius 1 is 0.958 bits per heavy atom. The minimum absolute atomic E-state index is 0.151. The van der Waals surface area contributed by atoms with Gasteiger partial charge in [0.2, 0.25) is 0 Å². The quantitative estimate of drug-likeness (QED) is 0.726. The standard InChI is InChI=1S/C21H21NO2/c1-4-24-19-13-17-11-6-5-10-16(17)12-18(19)21(23)22-20-14(2)8-7-9-15(20)3/h5-13H,4H2,1-3H3,(H,22,23). The van der Waals surface area contributed by atoms with Crippen molar-refractivity contribution < 1.29 is 9.53 Å². The highest BCUT2D eigenvalue weighted by molar-refractivity contribution is 6.09. The second-order valence-corrected chi connectivity index (χ2v) is 5.85. The third-order valence-electron chi connectivity index (χ3n) is 4.11. The molecular weight excluding hydrogens is 298 g/mol. The SMILES string of the molecule is CCOc1cc2ccccc2cc1C(=O)Nc1c(C)cccc1C. The smallest absolute Gasteiger partial charge is 0.259 e. The highest BCUT2D eigenvalue weighted by atomic mass is 16.5. The molecule has 1 N–H and O–H groups in total. The first kappa shape index (κ1) is 16.1. The van der Waals surface area contributed by atoms with Gasteiger partial charge in [-0.3, -0.25) is 4.79 Å². The number of aryl methyl sites for hydroxylation is 2. The van der Waals surface area contributed by atoms with Crippen LogP contribution in [0.25, 0.3) is 10.8 Å². The molecule has 0 fully saturated rings. The van der Waals surface area contributed by atoms with Gasteiger partial charge in [0.25, 0.3) is 5.91 Å². The summed E-state index contributed by atoms with van der Waals surface area (Å²) in [4.78, 5) is 12.9. The zero-order valence-corrected chi connectivity index (χ0v) is 14.2. The van der Waals surface area contributed by atoms with Crippen molar-refractivity contribution in [2.75, 3.05) is 11.9 Å². The summed E-state index contributed by atoms with van der Waals surface area (Å²) in [7, 11) is 0. The van der Waals surface area contributed by atoms with Gasteiger partial charge in [0.15, 0.2) is 0 Å². The van der Waals surface area contributed by atoms with E-state index in [-0.39, 0.29) is 5.91 Å². The molecule has 0 aliphatic heterocycles. The molecule has 0 aliphatic rings. The number of rotatable bonds is 4. The average Bonchev–Trinajstić information content (AvgIpc) is 2.58. The van der Waals surface area contributed by atoms with Crippen LogP contribution < -0.4 is 10.1 Å². The zero-order chi connectivity index (χ0) is 17.1. The van der Waals surface area contributed by atoms with Crippen LogP contribution in [0.3, 0.4) is 0 Å². The molecule has 3 heteroatoms. The molecule has 3 aromatic carbocycles. The topological polar surface area (TPSA) is 38.3 Å². The number of fused-ring (bicyclic) bond motifs is 1. The fraction of sp³-hybridized carbons (Fsp3) is 0.190. The summed E-state index contributed by atoms with van der Waals surface area (Å²) in [6.07, 6.45) is 0. The summed E-state index contributed by atoms with van der Waals surface area (Å²) in [5.41, 5.74) is 3.50. The second-order valence-electron chi connectivity index (χ2n) is 5.85. The van der Waals surface area contributed by atoms with Gasteiger partial charge >= 0.3 is 0 Å². The van der Waals surface area contributed by atoms with E-state index in [0.29, 0.717) is 17.9 Å². The maximum Gasteiger partial charge on any atom is 0.259 e. The molecule has 0 spiro atoms. The van der Waals surface area contributed by atoms with Gasteiger partial charge in [-0.1, -0.05) is 42.5 Å². The van der Waals surface area contributed by atoms with Crippen LogP contribution in [0.1, 0.15) is 28.4 Å². The Hall–Kier alpha value is -2.81. The number of ether oxygens (including phenoxy) is 1. The van der Waals surface area contributed by atoms with Crippen molar-refractivity contribution in [2.24, 2.45) is 0 Å². The molecule has 3 nitrogen and oxygen atoms in total. The number of benzene rings is 3. The Kier molecular flexibility index (Phi) is 4.52. The molecule has 0 heterocycles. The van der Waals surface area contributed by atoms with Crippen LogP contribution in [0, 0.1) is 13.8 Å². The lowest BCUT2D eigenvalue weighted by Crippen LogP contribution is -2.15. The maximum atomic E-state index is 12.9. The lowest BCUT2D eigenvalue weighted by molar-refractivity contribution is 0.102. The van der Waals surface area contributed by atoms with Gasteiger partial charge in [-0.2, -0.15) is 0 Å². The zero-order valence-electron chi connectivity index (χ0n) is 14.2. The number of amides is 1. The molecular formula is C21H21NO2. The van der Waals surface area contributed by atoms with Crippen molar-refractivity contribution in [1.29, 1.82) is 0 Å². The highest BCUT2D eigenvalue weighted by Gasteiger charge is 2.16. The Balaban J connectivity index is 2.03. The molecule has 24 heavy (non-hydrogen) atoms. The highest BCUT2D eigenvalue weighted by Crippen LogP contribution is 2.28. The van der Waals surface area contributed by atoms with Gasteiger partial charge in [-0.05, 0) is 54.8 Å². The van der Waals surface area contributed by atoms with Crippen molar-refractivity contribution in [1.82, 2.24) is 0 Å². The minimum atomic E-state index is -0.151. The molecule has 0 saturated carbocycles. The molecule has 0 aromatic heterocycles. The molecule has 0 saturated heterocycles. The van der Waals surface area contributed by atoms with Crippen molar-refractivity contribution in [3.8, 4) is 5.75 Å². The number of hydrogen-bond donors (Lipinski definition) is 1. The Morgan fingerprint density at radius 2 is 1.58 bits per heavy atom. The molecule has 1 amide bonds. The van der Waals surface area contributed by atoms with Gasteiger partial charge < -0.3 is 10.1 Å². The van der Waals surface area contributed by atoms with Crippen LogP contribution in [-0.2, 0) is 0 Å². The van der Waals surface area contributed by atoms with E-state index in [0.717, 1.165) is 27.6 Å². The van der Waals surface area contributed by atoms with Gasteiger partial charge in [-0.25, -0.2) is 0 Å². The molecule has 122 valence electrons. The van der Waals surface area contributed by atoms with Crippen LogP contribution in [0.15, 0.2) is 54.6 Å². The third kappa shape index (κ3) is 3.11. The summed E-state index contributed by atoms with van der Waals surface area (Å²) < 4.78 is 5.70. The van der Waals surface area contributed by atoms with Gasteiger partial charge in [-0.15, -0.1) is 0 Å². The van der Waals surface area contributed by atoms with Gasteiger partial charge in [0, 0.05) is 5.69 Å². The Bertz CT molecular complexity index is 879. The summed E-state index contributed by atoms with van der Waals surface area (Å²) in [5.74, 6) is 0.460. The summed E-state index contributed by atoms with van der Waals surface area (Å²) in [6.45, 7) is 6.42. The van der Waals surface area contributed by atoms with E-state index in [1.165, 1.54) is 0 Å². The van der Waals surface area contributed by atoms with Gasteiger partial charge in [0.05, 0.1) is 12.2 Å². The average molecular weight is 319 g/mol. The predicted octanol–water partition coefficient (Wildman–Crippen LogP) is 5.11. The third-order valence-corrected chi connectivity index (χ3v) is 4.11. The monoisotopic (exact) mass is 319 g/mol. The number of para-hydroxylation sites is 1. The van der Waals surface area contributed by atoms with Gasteiger partial charge in [0.1, 0.15) is 5.75 Å². The van der Waals surface area contributed by atoms with E-state index < -0.39 is 0 Å². The number of anilines is 1. The van der Waals surface area contributed by atoms with Crippen molar-refractivity contribution in [3.63, 3.8) is 0 Å². The van der Waals surface area contributed by atoms with E-state index >= 15 is 0 Å². The van der Waals surface area contributed by atoms with E-state index in [4.69, 9.17) is 4.74 Å². The van der Waals surface area contributed by atoms with Crippen LogP contribution in [-0.4, -0.2) is 12.5 Å². The summed E-state index contributed by atoms with van der Waals surface area (Å²) >= 11 is 0. The molecule has 0 bridgehead atoms. The van der Waals surface area contributed by atoms with Crippen LogP contribution in [0.2, 0.25) is 0 Å². The molecule has 0 aliphatic carbocycles. The second kappa shape index (κ2) is 6.75. The first-order chi connectivity index (χ1) is 11.6. The predicted molar refractivity (Wildman–Crippen MR) is 99.0 cm³/mol. The van der Waals surface area contributed by atoms with Crippen molar-refractivity contribution in [2.45, 2.75) is 20.8 Å². The lowest BCUT2D eigenvalue weighted by atomic mass is 10.0. The molecule has 3 rings (SSSR count). The van der Waals surface area contributed by atoms with Crippen LogP contribution in [0.5, 0.6) is 5.75 Å². The first-order valence-corrected chi connectivity index (χ1v) is 8.13. The molecule has 0 unspecified atom stereocenters. The summed E-state index contributed by atoms with van der Waals surface area (Å²) in [6, 6.07) is 17.8. The number of hydrogen-bond acceptors (Lipinski definition) is 2. The van der Waals surface area contributed by atoms with Crippen LogP contribution in [0.4, 0.5) is 5.69 Å². The maximum absolute atomic E-state index is 12.9. The Morgan fingerprint density at radius 3 is 2.21 bits per heavy atom. The van der Waals surface area contributed by atoms with Crippen molar-refractivity contribution in [3.05, 3.63) is 71.3 Å². The number of nitrogens with one attached hydrogen (secondary N) is 1. The number of carbonyl (C=O) groups excluding carboxylic acids is 1. The minimum Gasteiger partial charge on any atom is -0.493 e. The number of carbonyl (C=O) groups is 1. The largest absolute Gasteiger partial charge is 0.493 e. The Labute approximate surface area is 142 Å². The first-order valence-electron chi connectivity index (χ1n) is 8.13. The van der Waals surface area contributed by atoms with E-state index in [1.54, 1.807) is 0 Å². The lowest BCUT2D eigenvalue weighted by Gasteiger charge is -2.15. The summed E-state index contributed by atoms with van der Waals surface area (Å²) in [5, 5.41) is 5.12.